The van der Waals surface area contributed by atoms with E-state index in [9.17, 15) is 26.9 Å². The molecule has 2 rings (SSSR count). The van der Waals surface area contributed by atoms with Crippen molar-refractivity contribution in [3.8, 4) is 0 Å². The highest BCUT2D eigenvalue weighted by atomic mass is 35.5. The fourth-order valence-corrected chi connectivity index (χ4v) is 5.99. The van der Waals surface area contributed by atoms with E-state index in [0.29, 0.717) is 0 Å². The first-order chi connectivity index (χ1) is 9.61. The molecule has 1 N–H and O–H groups in total. The van der Waals surface area contributed by atoms with Gasteiger partial charge >= 0.3 is 0 Å². The predicted octanol–water partition coefficient (Wildman–Crippen LogP) is 0.278. The maximum Gasteiger partial charge on any atom is 0.270 e. The summed E-state index contributed by atoms with van der Waals surface area (Å²) in [5.74, 6) is -0.702. The summed E-state index contributed by atoms with van der Waals surface area (Å²) in [6, 6.07) is 3.51. The van der Waals surface area contributed by atoms with E-state index in [4.69, 9.17) is 11.6 Å². The van der Waals surface area contributed by atoms with Crippen molar-refractivity contribution in [3.05, 3.63) is 34.4 Å². The van der Waals surface area contributed by atoms with E-state index in [2.05, 4.69) is 4.72 Å². The average molecular weight is 355 g/mol. The van der Waals surface area contributed by atoms with Crippen molar-refractivity contribution in [1.82, 2.24) is 4.72 Å². The van der Waals surface area contributed by atoms with Gasteiger partial charge in [0.1, 0.15) is 0 Å². The van der Waals surface area contributed by atoms with Gasteiger partial charge in [0.25, 0.3) is 5.69 Å². The smallest absolute Gasteiger partial charge is 0.258 e. The minimum absolute atomic E-state index is 0.309. The van der Waals surface area contributed by atoms with Crippen LogP contribution >= 0.6 is 11.6 Å². The first-order valence-corrected chi connectivity index (χ1v) is 9.46. The van der Waals surface area contributed by atoms with Crippen LogP contribution in [0.2, 0.25) is 0 Å². The lowest BCUT2D eigenvalue weighted by Crippen LogP contribution is -2.40. The van der Waals surface area contributed by atoms with Gasteiger partial charge in [0.2, 0.25) is 10.0 Å². The van der Waals surface area contributed by atoms with Gasteiger partial charge in [0.15, 0.2) is 9.84 Å². The van der Waals surface area contributed by atoms with Gasteiger partial charge in [0.05, 0.1) is 32.7 Å². The van der Waals surface area contributed by atoms with Crippen LogP contribution in [-0.4, -0.2) is 44.7 Å². The third-order valence-electron chi connectivity index (χ3n) is 2.93. The first kappa shape index (κ1) is 16.1. The van der Waals surface area contributed by atoms with E-state index in [1.165, 1.54) is 12.1 Å². The molecule has 1 aromatic carbocycles. The van der Waals surface area contributed by atoms with Gasteiger partial charge in [-0.25, -0.2) is 21.6 Å². The molecule has 1 aromatic rings. The van der Waals surface area contributed by atoms with Crippen molar-refractivity contribution in [1.29, 1.82) is 0 Å². The van der Waals surface area contributed by atoms with Crippen LogP contribution in [0.4, 0.5) is 5.69 Å². The Morgan fingerprint density at radius 1 is 1.33 bits per heavy atom. The molecule has 0 bridgehead atoms. The van der Waals surface area contributed by atoms with Crippen LogP contribution in [0.25, 0.3) is 0 Å². The molecule has 2 unspecified atom stereocenters. The maximum atomic E-state index is 12.1. The Morgan fingerprint density at radius 2 is 2.00 bits per heavy atom. The second-order valence-corrected chi connectivity index (χ2v) is 9.00. The molecule has 1 saturated heterocycles. The molecule has 0 spiro atoms. The van der Waals surface area contributed by atoms with Gasteiger partial charge in [-0.2, -0.15) is 0 Å². The normalized spacial score (nSPS) is 24.8. The summed E-state index contributed by atoms with van der Waals surface area (Å²) >= 11 is 5.82. The number of sulfone groups is 1. The molecule has 0 saturated carbocycles. The Morgan fingerprint density at radius 3 is 2.52 bits per heavy atom. The first-order valence-electron chi connectivity index (χ1n) is 5.72. The summed E-state index contributed by atoms with van der Waals surface area (Å²) in [5.41, 5.74) is -0.376. The molecule has 11 heteroatoms. The number of hydrogen-bond donors (Lipinski definition) is 1. The van der Waals surface area contributed by atoms with Gasteiger partial charge in [-0.1, -0.05) is 6.07 Å². The maximum absolute atomic E-state index is 12.1. The van der Waals surface area contributed by atoms with E-state index < -0.39 is 42.0 Å². The fourth-order valence-electron chi connectivity index (χ4n) is 1.94. The van der Waals surface area contributed by atoms with Gasteiger partial charge < -0.3 is 0 Å². The number of nitro benzene ring substituents is 1. The molecule has 0 radical (unpaired) electrons. The summed E-state index contributed by atoms with van der Waals surface area (Å²) in [5, 5.41) is 9.78. The number of sulfonamides is 1. The highest BCUT2D eigenvalue weighted by Crippen LogP contribution is 2.22. The van der Waals surface area contributed by atoms with Crippen LogP contribution in [0, 0.1) is 10.1 Å². The van der Waals surface area contributed by atoms with Crippen molar-refractivity contribution in [2.75, 3.05) is 11.5 Å². The molecule has 21 heavy (non-hydrogen) atoms. The zero-order valence-corrected chi connectivity index (χ0v) is 12.9. The lowest BCUT2D eigenvalue weighted by atomic mass is 10.3. The van der Waals surface area contributed by atoms with Crippen LogP contribution in [0.15, 0.2) is 29.2 Å². The largest absolute Gasteiger partial charge is 0.270 e. The average Bonchev–Trinajstić information content (AvgIpc) is 2.61. The lowest BCUT2D eigenvalue weighted by Gasteiger charge is -2.14. The second-order valence-electron chi connectivity index (χ2n) is 4.58. The molecule has 116 valence electrons. The van der Waals surface area contributed by atoms with Crippen molar-refractivity contribution in [2.24, 2.45) is 0 Å². The SMILES string of the molecule is O=[N+]([O-])c1cccc(S(=O)(=O)NC2CS(=O)(=O)CC2Cl)c1. The standard InChI is InChI=1S/C10H11ClN2O6S2/c11-9-5-20(16,17)6-10(9)12-21(18,19)8-3-1-2-7(4-8)13(14)15/h1-4,9-10,12H,5-6H2. The van der Waals surface area contributed by atoms with Gasteiger partial charge in [-0.15, -0.1) is 11.6 Å². The van der Waals surface area contributed by atoms with Crippen LogP contribution in [0.5, 0.6) is 0 Å². The van der Waals surface area contributed by atoms with Gasteiger partial charge in [0, 0.05) is 12.1 Å². The molecule has 1 aliphatic rings. The molecule has 0 aromatic heterocycles. The van der Waals surface area contributed by atoms with Crippen molar-refractivity contribution in [2.45, 2.75) is 16.3 Å². The lowest BCUT2D eigenvalue weighted by molar-refractivity contribution is -0.385. The molecular weight excluding hydrogens is 344 g/mol. The number of nitrogens with one attached hydrogen (secondary N) is 1. The Balaban J connectivity index is 2.27. The molecule has 8 nitrogen and oxygen atoms in total. The van der Waals surface area contributed by atoms with Crippen LogP contribution < -0.4 is 4.72 Å². The number of nitrogens with zero attached hydrogens (tertiary/aromatic N) is 1. The van der Waals surface area contributed by atoms with E-state index in [-0.39, 0.29) is 16.3 Å². The third kappa shape index (κ3) is 3.70. The Hall–Kier alpha value is -1.23. The molecular formula is C10H11ClN2O6S2. The van der Waals surface area contributed by atoms with Crippen LogP contribution in [0.3, 0.4) is 0 Å². The predicted molar refractivity (Wildman–Crippen MR) is 75.5 cm³/mol. The number of halogens is 1. The van der Waals surface area contributed by atoms with Gasteiger partial charge in [-0.3, -0.25) is 10.1 Å². The van der Waals surface area contributed by atoms with E-state index >= 15 is 0 Å². The molecule has 2 atom stereocenters. The van der Waals surface area contributed by atoms with Crippen molar-refractivity contribution < 1.29 is 21.8 Å². The Labute approximate surface area is 126 Å². The minimum atomic E-state index is -4.09. The molecule has 1 heterocycles. The summed E-state index contributed by atoms with van der Waals surface area (Å²) in [6.07, 6.45) is 0. The van der Waals surface area contributed by atoms with Crippen molar-refractivity contribution >= 4 is 37.1 Å². The summed E-state index contributed by atoms with van der Waals surface area (Å²) in [6.45, 7) is 0. The number of benzene rings is 1. The molecule has 0 amide bonds. The fraction of sp³-hybridized carbons (Fsp3) is 0.400. The highest BCUT2D eigenvalue weighted by Gasteiger charge is 2.39. The Bertz CT molecular complexity index is 776. The van der Waals surface area contributed by atoms with E-state index in [1.54, 1.807) is 0 Å². The van der Waals surface area contributed by atoms with E-state index in [0.717, 1.165) is 12.1 Å². The monoisotopic (exact) mass is 354 g/mol. The quantitative estimate of drug-likeness (QED) is 0.470. The zero-order chi connectivity index (χ0) is 15.8. The zero-order valence-electron chi connectivity index (χ0n) is 10.5. The summed E-state index contributed by atoms with van der Waals surface area (Å²) < 4.78 is 49.3. The van der Waals surface area contributed by atoms with Gasteiger partial charge in [-0.05, 0) is 6.07 Å². The van der Waals surface area contributed by atoms with E-state index in [1.807, 2.05) is 0 Å². The third-order valence-corrected chi connectivity index (χ3v) is 6.79. The Kier molecular flexibility index (Phi) is 4.24. The topological polar surface area (TPSA) is 123 Å². The number of nitro groups is 1. The number of alkyl halides is 1. The summed E-state index contributed by atoms with van der Waals surface area (Å²) in [4.78, 5) is 9.62. The van der Waals surface area contributed by atoms with Crippen LogP contribution in [-0.2, 0) is 19.9 Å². The second kappa shape index (κ2) is 5.52. The van der Waals surface area contributed by atoms with Crippen LogP contribution in [0.1, 0.15) is 0 Å². The number of hydrogen-bond acceptors (Lipinski definition) is 6. The number of non-ortho nitro benzene ring substituents is 1. The molecule has 0 aliphatic carbocycles. The van der Waals surface area contributed by atoms with Crippen molar-refractivity contribution in [3.63, 3.8) is 0 Å². The molecule has 1 aliphatic heterocycles. The molecule has 1 fully saturated rings. The highest BCUT2D eigenvalue weighted by molar-refractivity contribution is 7.92. The minimum Gasteiger partial charge on any atom is -0.258 e. The number of rotatable bonds is 4. The summed E-state index contributed by atoms with van der Waals surface area (Å²) in [7, 11) is -7.47.